The Morgan fingerprint density at radius 2 is 2.50 bits per heavy atom. The molecule has 84 valence electrons. The van der Waals surface area contributed by atoms with Crippen LogP contribution in [0.2, 0.25) is 0 Å². The largest absolute Gasteiger partial charge is 0.341 e. The quantitative estimate of drug-likeness (QED) is 0.826. The van der Waals surface area contributed by atoms with Crippen molar-refractivity contribution >= 4 is 11.2 Å². The van der Waals surface area contributed by atoms with E-state index in [2.05, 4.69) is 26.9 Å². The van der Waals surface area contributed by atoms with Crippen LogP contribution >= 0.6 is 0 Å². The third kappa shape index (κ3) is 1.80. The van der Waals surface area contributed by atoms with Crippen LogP contribution in [-0.4, -0.2) is 40.0 Å². The topological polar surface area (TPSA) is 44.8 Å². The van der Waals surface area contributed by atoms with Gasteiger partial charge < -0.3 is 9.88 Å². The Morgan fingerprint density at radius 1 is 1.56 bits per heavy atom. The standard InChI is InChI=1S/C12H16N4/c1-16-6-4-9(8-16)7-11-14-10-3-2-5-13-12(10)15-11/h2-3,5,9H,4,6-8H2,1H3,(H,13,14,15). The molecule has 0 aliphatic carbocycles. The molecule has 1 saturated heterocycles. The number of aromatic nitrogens is 3. The number of pyridine rings is 1. The van der Waals surface area contributed by atoms with Gasteiger partial charge in [-0.05, 0) is 38.1 Å². The lowest BCUT2D eigenvalue weighted by molar-refractivity contribution is 0.393. The molecule has 0 saturated carbocycles. The molecule has 1 aliphatic heterocycles. The van der Waals surface area contributed by atoms with E-state index in [9.17, 15) is 0 Å². The van der Waals surface area contributed by atoms with Gasteiger partial charge in [0.1, 0.15) is 5.82 Å². The van der Waals surface area contributed by atoms with Gasteiger partial charge in [-0.3, -0.25) is 0 Å². The summed E-state index contributed by atoms with van der Waals surface area (Å²) in [5.41, 5.74) is 1.88. The van der Waals surface area contributed by atoms with Crippen LogP contribution in [0.1, 0.15) is 12.2 Å². The number of nitrogens with one attached hydrogen (secondary N) is 1. The van der Waals surface area contributed by atoms with E-state index >= 15 is 0 Å². The highest BCUT2D eigenvalue weighted by atomic mass is 15.1. The Balaban J connectivity index is 1.79. The van der Waals surface area contributed by atoms with Gasteiger partial charge in [0.05, 0.1) is 5.52 Å². The van der Waals surface area contributed by atoms with Crippen LogP contribution in [0.25, 0.3) is 11.2 Å². The van der Waals surface area contributed by atoms with Gasteiger partial charge in [0.25, 0.3) is 0 Å². The molecule has 3 rings (SSSR count). The van der Waals surface area contributed by atoms with Crippen molar-refractivity contribution in [2.75, 3.05) is 20.1 Å². The van der Waals surface area contributed by atoms with E-state index in [-0.39, 0.29) is 0 Å². The number of H-pyrrole nitrogens is 1. The average molecular weight is 216 g/mol. The van der Waals surface area contributed by atoms with Crippen LogP contribution in [-0.2, 0) is 6.42 Å². The molecule has 0 amide bonds. The zero-order chi connectivity index (χ0) is 11.0. The number of aromatic amines is 1. The molecule has 1 aliphatic rings. The summed E-state index contributed by atoms with van der Waals surface area (Å²) in [6.45, 7) is 2.40. The maximum atomic E-state index is 4.52. The number of nitrogens with zero attached hydrogens (tertiary/aromatic N) is 3. The first-order valence-electron chi connectivity index (χ1n) is 5.79. The second-order valence-electron chi connectivity index (χ2n) is 4.68. The number of rotatable bonds is 2. The summed E-state index contributed by atoms with van der Waals surface area (Å²) in [5, 5.41) is 0. The van der Waals surface area contributed by atoms with Crippen molar-refractivity contribution in [1.29, 1.82) is 0 Å². The molecule has 4 heteroatoms. The molecule has 0 aromatic carbocycles. The van der Waals surface area contributed by atoms with Gasteiger partial charge in [0.2, 0.25) is 0 Å². The number of likely N-dealkylation sites (tertiary alicyclic amines) is 1. The van der Waals surface area contributed by atoms with Gasteiger partial charge in [0.15, 0.2) is 5.65 Å². The highest BCUT2D eigenvalue weighted by Gasteiger charge is 2.20. The lowest BCUT2D eigenvalue weighted by atomic mass is 10.1. The Hall–Kier alpha value is -1.42. The van der Waals surface area contributed by atoms with E-state index in [0.29, 0.717) is 0 Å². The number of imidazole rings is 1. The maximum Gasteiger partial charge on any atom is 0.177 e. The van der Waals surface area contributed by atoms with E-state index in [1.54, 1.807) is 6.20 Å². The van der Waals surface area contributed by atoms with E-state index in [1.165, 1.54) is 19.5 Å². The van der Waals surface area contributed by atoms with Crippen LogP contribution < -0.4 is 0 Å². The third-order valence-electron chi connectivity index (χ3n) is 3.28. The van der Waals surface area contributed by atoms with E-state index in [1.807, 2.05) is 12.1 Å². The Labute approximate surface area is 94.7 Å². The molecule has 1 N–H and O–H groups in total. The summed E-state index contributed by atoms with van der Waals surface area (Å²) < 4.78 is 0. The van der Waals surface area contributed by atoms with Crippen molar-refractivity contribution in [3.8, 4) is 0 Å². The van der Waals surface area contributed by atoms with Crippen molar-refractivity contribution in [2.24, 2.45) is 5.92 Å². The summed E-state index contributed by atoms with van der Waals surface area (Å²) >= 11 is 0. The van der Waals surface area contributed by atoms with Crippen LogP contribution in [0.3, 0.4) is 0 Å². The highest BCUT2D eigenvalue weighted by molar-refractivity contribution is 5.69. The first kappa shape index (κ1) is 9.78. The highest BCUT2D eigenvalue weighted by Crippen LogP contribution is 2.19. The van der Waals surface area contributed by atoms with Crippen LogP contribution in [0.5, 0.6) is 0 Å². The Bertz CT molecular complexity index is 457. The van der Waals surface area contributed by atoms with Gasteiger partial charge in [-0.25, -0.2) is 9.97 Å². The van der Waals surface area contributed by atoms with Gasteiger partial charge in [-0.15, -0.1) is 0 Å². The van der Waals surface area contributed by atoms with Crippen molar-refractivity contribution in [1.82, 2.24) is 19.9 Å². The van der Waals surface area contributed by atoms with E-state index in [0.717, 1.165) is 29.3 Å². The molecule has 0 spiro atoms. The molecule has 1 unspecified atom stereocenters. The minimum atomic E-state index is 0.741. The zero-order valence-electron chi connectivity index (χ0n) is 9.48. The normalized spacial score (nSPS) is 21.9. The first-order chi connectivity index (χ1) is 7.81. The second-order valence-corrected chi connectivity index (χ2v) is 4.68. The lowest BCUT2D eigenvalue weighted by Gasteiger charge is -2.07. The molecule has 4 nitrogen and oxygen atoms in total. The molecule has 1 fully saturated rings. The van der Waals surface area contributed by atoms with Gasteiger partial charge in [0, 0.05) is 19.2 Å². The maximum absolute atomic E-state index is 4.52. The summed E-state index contributed by atoms with van der Waals surface area (Å²) in [4.78, 5) is 14.5. The van der Waals surface area contributed by atoms with Crippen LogP contribution in [0.15, 0.2) is 18.3 Å². The number of hydrogen-bond donors (Lipinski definition) is 1. The number of fused-ring (bicyclic) bond motifs is 1. The fraction of sp³-hybridized carbons (Fsp3) is 0.500. The minimum Gasteiger partial charge on any atom is -0.341 e. The molecule has 0 bridgehead atoms. The van der Waals surface area contributed by atoms with Crippen molar-refractivity contribution in [3.63, 3.8) is 0 Å². The molecular formula is C12H16N4. The predicted octanol–water partition coefficient (Wildman–Crippen LogP) is 1.45. The minimum absolute atomic E-state index is 0.741. The molecule has 3 heterocycles. The molecular weight excluding hydrogens is 200 g/mol. The van der Waals surface area contributed by atoms with E-state index < -0.39 is 0 Å². The van der Waals surface area contributed by atoms with Crippen LogP contribution in [0, 0.1) is 5.92 Å². The average Bonchev–Trinajstić information content (AvgIpc) is 2.84. The molecule has 16 heavy (non-hydrogen) atoms. The molecule has 0 radical (unpaired) electrons. The molecule has 2 aromatic heterocycles. The number of hydrogen-bond acceptors (Lipinski definition) is 3. The van der Waals surface area contributed by atoms with Crippen molar-refractivity contribution in [3.05, 3.63) is 24.2 Å². The first-order valence-corrected chi connectivity index (χ1v) is 5.79. The Morgan fingerprint density at radius 3 is 3.25 bits per heavy atom. The SMILES string of the molecule is CN1CCC(Cc2nc3ncccc3[nH]2)C1. The fourth-order valence-corrected chi connectivity index (χ4v) is 2.46. The van der Waals surface area contributed by atoms with Crippen LogP contribution in [0.4, 0.5) is 0 Å². The summed E-state index contributed by atoms with van der Waals surface area (Å²) in [7, 11) is 2.18. The Kier molecular flexibility index (Phi) is 2.36. The summed E-state index contributed by atoms with van der Waals surface area (Å²) in [6, 6.07) is 3.97. The smallest absolute Gasteiger partial charge is 0.177 e. The third-order valence-corrected chi connectivity index (χ3v) is 3.28. The lowest BCUT2D eigenvalue weighted by Crippen LogP contribution is -2.15. The van der Waals surface area contributed by atoms with Gasteiger partial charge in [-0.1, -0.05) is 0 Å². The fourth-order valence-electron chi connectivity index (χ4n) is 2.46. The molecule has 2 aromatic rings. The summed E-state index contributed by atoms with van der Waals surface area (Å²) in [5.74, 6) is 1.82. The van der Waals surface area contributed by atoms with Crippen molar-refractivity contribution < 1.29 is 0 Å². The van der Waals surface area contributed by atoms with E-state index in [4.69, 9.17) is 0 Å². The molecule has 1 atom stereocenters. The predicted molar refractivity (Wildman–Crippen MR) is 63.2 cm³/mol. The summed E-state index contributed by atoms with van der Waals surface area (Å²) in [6.07, 6.45) is 4.11. The zero-order valence-corrected chi connectivity index (χ0v) is 9.48. The second kappa shape index (κ2) is 3.87. The van der Waals surface area contributed by atoms with Gasteiger partial charge in [-0.2, -0.15) is 0 Å². The monoisotopic (exact) mass is 216 g/mol. The van der Waals surface area contributed by atoms with Gasteiger partial charge >= 0.3 is 0 Å². The van der Waals surface area contributed by atoms with Crippen molar-refractivity contribution in [2.45, 2.75) is 12.8 Å².